The van der Waals surface area contributed by atoms with Crippen LogP contribution in [0.15, 0.2) is 63.8 Å². The van der Waals surface area contributed by atoms with Gasteiger partial charge in [0.05, 0.1) is 23.0 Å². The highest BCUT2D eigenvalue weighted by atomic mass is 35.5. The summed E-state index contributed by atoms with van der Waals surface area (Å²) >= 11 is 7.49. The van der Waals surface area contributed by atoms with Crippen molar-refractivity contribution in [3.05, 3.63) is 59.8 Å². The summed E-state index contributed by atoms with van der Waals surface area (Å²) in [7, 11) is 0. The molecular weight excluding hydrogens is 451 g/mol. The van der Waals surface area contributed by atoms with Gasteiger partial charge in [0, 0.05) is 41.0 Å². The van der Waals surface area contributed by atoms with Gasteiger partial charge < -0.3 is 5.32 Å². The molecule has 3 heterocycles. The molecule has 1 aliphatic heterocycles. The lowest BCUT2D eigenvalue weighted by Gasteiger charge is -2.11. The van der Waals surface area contributed by atoms with Gasteiger partial charge in [-0.3, -0.25) is 14.8 Å². The Labute approximate surface area is 192 Å². The van der Waals surface area contributed by atoms with Crippen molar-refractivity contribution in [3.8, 4) is 11.4 Å². The van der Waals surface area contributed by atoms with E-state index in [-0.39, 0.29) is 24.1 Å². The van der Waals surface area contributed by atoms with Gasteiger partial charge in [-0.25, -0.2) is 14.1 Å². The van der Waals surface area contributed by atoms with Gasteiger partial charge in [-0.15, -0.1) is 0 Å². The zero-order chi connectivity index (χ0) is 22.1. The third-order valence-corrected chi connectivity index (χ3v) is 6.21. The normalized spacial score (nSPS) is 17.8. The van der Waals surface area contributed by atoms with Crippen LogP contribution in [0, 0.1) is 0 Å². The molecule has 0 spiro atoms. The molecule has 1 N–H and O–H groups in total. The summed E-state index contributed by atoms with van der Waals surface area (Å²) < 4.78 is 15.5. The van der Waals surface area contributed by atoms with E-state index < -0.39 is 6.17 Å². The summed E-state index contributed by atoms with van der Waals surface area (Å²) in [5, 5.41) is 8.19. The minimum Gasteiger partial charge on any atom is -0.348 e. The van der Waals surface area contributed by atoms with Crippen molar-refractivity contribution in [2.45, 2.75) is 41.3 Å². The smallest absolute Gasteiger partial charge is 0.271 e. The van der Waals surface area contributed by atoms with E-state index in [1.54, 1.807) is 10.9 Å². The van der Waals surface area contributed by atoms with Crippen molar-refractivity contribution in [2.24, 2.45) is 4.99 Å². The maximum absolute atomic E-state index is 13.8. The number of hydrogen-bond donors (Lipinski definition) is 1. The molecule has 1 atom stereocenters. The lowest BCUT2D eigenvalue weighted by molar-refractivity contribution is 0.0945. The van der Waals surface area contributed by atoms with Gasteiger partial charge in [0.1, 0.15) is 23.3 Å². The van der Waals surface area contributed by atoms with E-state index in [9.17, 15) is 9.18 Å². The second kappa shape index (κ2) is 8.84. The van der Waals surface area contributed by atoms with Crippen molar-refractivity contribution in [1.82, 2.24) is 25.1 Å². The number of benzene rings is 1. The van der Waals surface area contributed by atoms with Crippen LogP contribution in [0.2, 0.25) is 5.02 Å². The summed E-state index contributed by atoms with van der Waals surface area (Å²) in [6.45, 7) is 0. The first-order valence-electron chi connectivity index (χ1n) is 10.1. The molecule has 2 aliphatic rings. The molecule has 0 bridgehead atoms. The third kappa shape index (κ3) is 4.73. The highest BCUT2D eigenvalue weighted by Gasteiger charge is 2.25. The fraction of sp³-hybridized carbons (Fsp3) is 0.227. The molecule has 1 fully saturated rings. The number of rotatable bonds is 6. The largest absolute Gasteiger partial charge is 0.348 e. The number of aliphatic imine (C=N–C) groups is 1. The van der Waals surface area contributed by atoms with Gasteiger partial charge in [-0.05, 0) is 37.1 Å². The fourth-order valence-electron chi connectivity index (χ4n) is 3.12. The molecule has 1 aromatic carbocycles. The quantitative estimate of drug-likeness (QED) is 0.569. The van der Waals surface area contributed by atoms with Crippen LogP contribution < -0.4 is 5.32 Å². The van der Waals surface area contributed by atoms with E-state index in [1.807, 2.05) is 30.5 Å². The number of allylic oxidation sites excluding steroid dienone is 1. The molecule has 2 aromatic heterocycles. The number of nitrogens with zero attached hydrogens (tertiary/aromatic N) is 5. The summed E-state index contributed by atoms with van der Waals surface area (Å²) in [6, 6.07) is 7.69. The summed E-state index contributed by atoms with van der Waals surface area (Å²) in [4.78, 5) is 26.7. The molecule has 1 unspecified atom stereocenters. The van der Waals surface area contributed by atoms with Crippen molar-refractivity contribution < 1.29 is 9.18 Å². The van der Waals surface area contributed by atoms with E-state index in [0.717, 1.165) is 22.6 Å². The summed E-state index contributed by atoms with van der Waals surface area (Å²) in [5.41, 5.74) is 1.99. The first kappa shape index (κ1) is 20.8. The van der Waals surface area contributed by atoms with E-state index in [4.69, 9.17) is 11.6 Å². The average molecular weight is 469 g/mol. The molecule has 1 amide bonds. The Hall–Kier alpha value is -3.04. The molecule has 10 heteroatoms. The number of carbonyl (C=O) groups is 1. The van der Waals surface area contributed by atoms with Crippen LogP contribution in [-0.2, 0) is 0 Å². The second-order valence-corrected chi connectivity index (χ2v) is 9.07. The van der Waals surface area contributed by atoms with Crippen LogP contribution in [0.5, 0.6) is 0 Å². The van der Waals surface area contributed by atoms with Crippen molar-refractivity contribution >= 4 is 41.2 Å². The predicted octanol–water partition coefficient (Wildman–Crippen LogP) is 4.65. The predicted molar refractivity (Wildman–Crippen MR) is 122 cm³/mol. The van der Waals surface area contributed by atoms with Crippen LogP contribution in [0.1, 0.15) is 29.8 Å². The van der Waals surface area contributed by atoms with Crippen LogP contribution in [-0.4, -0.2) is 44.1 Å². The molecule has 32 heavy (non-hydrogen) atoms. The topological polar surface area (TPSA) is 85.1 Å². The fourth-order valence-corrected chi connectivity index (χ4v) is 4.17. The third-order valence-electron chi connectivity index (χ3n) is 4.93. The Morgan fingerprint density at radius 2 is 2.00 bits per heavy atom. The maximum Gasteiger partial charge on any atom is 0.271 e. The Bertz CT molecular complexity index is 1200. The first-order chi connectivity index (χ1) is 15.5. The Kier molecular flexibility index (Phi) is 5.75. The Balaban J connectivity index is 1.47. The molecule has 1 saturated carbocycles. The standard InChI is InChI=1S/C22H18ClFN6OS/c23-13-1-5-17(6-2-13)32-20-12-30(16-7-14(24)8-25-9-16)29-21(20)18-10-27-19(11-26-18)22(31)28-15-3-4-15/h1-2,5-6,8-12,14-15H,3-4,7H2,(H,28,31). The van der Waals surface area contributed by atoms with Crippen molar-refractivity contribution in [3.63, 3.8) is 0 Å². The zero-order valence-corrected chi connectivity index (χ0v) is 18.4. The number of alkyl halides is 1. The molecule has 1 aliphatic carbocycles. The lowest BCUT2D eigenvalue weighted by atomic mass is 10.2. The van der Waals surface area contributed by atoms with Gasteiger partial charge in [-0.2, -0.15) is 5.10 Å². The molecule has 5 rings (SSSR count). The number of amides is 1. The molecule has 0 saturated heterocycles. The number of hydrogen-bond acceptors (Lipinski definition) is 6. The number of aromatic nitrogens is 4. The second-order valence-electron chi connectivity index (χ2n) is 7.52. The van der Waals surface area contributed by atoms with Gasteiger partial charge in [-0.1, -0.05) is 23.4 Å². The molecule has 3 aromatic rings. The lowest BCUT2D eigenvalue weighted by Crippen LogP contribution is -2.26. The summed E-state index contributed by atoms with van der Waals surface area (Å²) in [6.07, 6.45) is 8.70. The molecule has 162 valence electrons. The number of nitrogens with one attached hydrogen (secondary N) is 1. The minimum absolute atomic E-state index is 0.182. The van der Waals surface area contributed by atoms with Crippen molar-refractivity contribution in [1.29, 1.82) is 0 Å². The maximum atomic E-state index is 13.8. The van der Waals surface area contributed by atoms with Gasteiger partial charge >= 0.3 is 0 Å². The van der Waals surface area contributed by atoms with E-state index in [2.05, 4.69) is 25.4 Å². The summed E-state index contributed by atoms with van der Waals surface area (Å²) in [5.74, 6) is -0.230. The van der Waals surface area contributed by atoms with Crippen LogP contribution >= 0.6 is 23.4 Å². The van der Waals surface area contributed by atoms with Crippen LogP contribution in [0.4, 0.5) is 4.39 Å². The van der Waals surface area contributed by atoms with E-state index in [0.29, 0.717) is 22.1 Å². The average Bonchev–Trinajstić information content (AvgIpc) is 3.52. The first-order valence-corrected chi connectivity index (χ1v) is 11.3. The van der Waals surface area contributed by atoms with Gasteiger partial charge in [0.2, 0.25) is 0 Å². The van der Waals surface area contributed by atoms with Crippen LogP contribution in [0.3, 0.4) is 0 Å². The van der Waals surface area contributed by atoms with E-state index in [1.165, 1.54) is 30.4 Å². The monoisotopic (exact) mass is 468 g/mol. The number of halogens is 2. The SMILES string of the molecule is O=C(NC1CC1)c1cnc(-c2nn(C3=CN=CC(F)C3)cc2Sc2ccc(Cl)cc2)cn1. The number of carbonyl (C=O) groups excluding carboxylic acids is 1. The Morgan fingerprint density at radius 1 is 1.19 bits per heavy atom. The Morgan fingerprint density at radius 3 is 2.69 bits per heavy atom. The van der Waals surface area contributed by atoms with Gasteiger partial charge in [0.15, 0.2) is 0 Å². The van der Waals surface area contributed by atoms with Crippen molar-refractivity contribution in [2.75, 3.05) is 0 Å². The highest BCUT2D eigenvalue weighted by molar-refractivity contribution is 7.99. The zero-order valence-electron chi connectivity index (χ0n) is 16.8. The molecule has 0 radical (unpaired) electrons. The molecular formula is C22H18ClFN6OS. The van der Waals surface area contributed by atoms with E-state index >= 15 is 0 Å². The molecule has 7 nitrogen and oxygen atoms in total. The highest BCUT2D eigenvalue weighted by Crippen LogP contribution is 2.36. The van der Waals surface area contributed by atoms with Crippen LogP contribution in [0.25, 0.3) is 17.1 Å². The minimum atomic E-state index is -1.15. The van der Waals surface area contributed by atoms with Gasteiger partial charge in [0.25, 0.3) is 5.91 Å².